The largest absolute Gasteiger partial charge is 0.478 e. The van der Waals surface area contributed by atoms with Crippen LogP contribution in [-0.2, 0) is 0 Å². The van der Waals surface area contributed by atoms with Crippen molar-refractivity contribution < 1.29 is 19.5 Å². The maximum Gasteiger partial charge on any atom is 0.335 e. The SMILES string of the molecule is O=C(O)c1ccc(NC(=O)c2ccc(NC(=O)c3cccs3)cc2)cc1. The second-order valence-electron chi connectivity index (χ2n) is 5.35. The number of carboxylic acids is 1. The van der Waals surface area contributed by atoms with E-state index in [1.165, 1.54) is 35.6 Å². The van der Waals surface area contributed by atoms with Crippen LogP contribution in [0, 0.1) is 0 Å². The smallest absolute Gasteiger partial charge is 0.335 e. The van der Waals surface area contributed by atoms with Crippen molar-refractivity contribution in [3.63, 3.8) is 0 Å². The second-order valence-corrected chi connectivity index (χ2v) is 6.29. The zero-order valence-electron chi connectivity index (χ0n) is 13.4. The van der Waals surface area contributed by atoms with Crippen molar-refractivity contribution in [2.24, 2.45) is 0 Å². The van der Waals surface area contributed by atoms with E-state index in [0.717, 1.165) is 0 Å². The molecule has 3 aromatic rings. The zero-order valence-corrected chi connectivity index (χ0v) is 14.2. The van der Waals surface area contributed by atoms with Crippen molar-refractivity contribution in [1.29, 1.82) is 0 Å². The van der Waals surface area contributed by atoms with Crippen LogP contribution in [0.15, 0.2) is 66.0 Å². The van der Waals surface area contributed by atoms with Gasteiger partial charge in [-0.25, -0.2) is 4.79 Å². The molecule has 1 aromatic heterocycles. The van der Waals surface area contributed by atoms with E-state index >= 15 is 0 Å². The van der Waals surface area contributed by atoms with E-state index in [9.17, 15) is 14.4 Å². The lowest BCUT2D eigenvalue weighted by Gasteiger charge is -2.07. The predicted octanol–water partition coefficient (Wildman–Crippen LogP) is 3.95. The number of carbonyl (C=O) groups is 3. The molecule has 0 atom stereocenters. The Balaban J connectivity index is 1.63. The van der Waals surface area contributed by atoms with E-state index in [4.69, 9.17) is 5.11 Å². The summed E-state index contributed by atoms with van der Waals surface area (Å²) in [4.78, 5) is 35.7. The Kier molecular flexibility index (Phi) is 5.09. The third-order valence-corrected chi connectivity index (χ3v) is 4.41. The molecule has 2 amide bonds. The van der Waals surface area contributed by atoms with Crippen LogP contribution < -0.4 is 10.6 Å². The summed E-state index contributed by atoms with van der Waals surface area (Å²) < 4.78 is 0. The number of anilines is 2. The molecular weight excluding hydrogens is 352 g/mol. The van der Waals surface area contributed by atoms with Gasteiger partial charge in [0, 0.05) is 16.9 Å². The number of carbonyl (C=O) groups excluding carboxylic acids is 2. The Hall–Kier alpha value is -3.45. The molecule has 7 heteroatoms. The molecule has 0 aliphatic heterocycles. The van der Waals surface area contributed by atoms with Gasteiger partial charge in [0.15, 0.2) is 0 Å². The lowest BCUT2D eigenvalue weighted by molar-refractivity contribution is 0.0696. The summed E-state index contributed by atoms with van der Waals surface area (Å²) in [5.74, 6) is -1.55. The molecule has 0 unspecified atom stereocenters. The lowest BCUT2D eigenvalue weighted by Crippen LogP contribution is -2.13. The Morgan fingerprint density at radius 2 is 1.27 bits per heavy atom. The maximum absolute atomic E-state index is 12.2. The molecule has 2 aromatic carbocycles. The average Bonchev–Trinajstić information content (AvgIpc) is 3.17. The van der Waals surface area contributed by atoms with Crippen LogP contribution in [0.1, 0.15) is 30.4 Å². The van der Waals surface area contributed by atoms with Gasteiger partial charge in [-0.1, -0.05) is 6.07 Å². The third kappa shape index (κ3) is 4.14. The van der Waals surface area contributed by atoms with Gasteiger partial charge in [0.2, 0.25) is 0 Å². The van der Waals surface area contributed by atoms with E-state index in [-0.39, 0.29) is 17.4 Å². The first kappa shape index (κ1) is 17.4. The van der Waals surface area contributed by atoms with E-state index in [1.54, 1.807) is 36.4 Å². The van der Waals surface area contributed by atoms with Crippen molar-refractivity contribution in [2.75, 3.05) is 10.6 Å². The van der Waals surface area contributed by atoms with Gasteiger partial charge in [0.25, 0.3) is 11.8 Å². The Labute approximate surface area is 153 Å². The molecule has 0 spiro atoms. The highest BCUT2D eigenvalue weighted by molar-refractivity contribution is 7.12. The highest BCUT2D eigenvalue weighted by Gasteiger charge is 2.09. The number of hydrogen-bond acceptors (Lipinski definition) is 4. The number of aromatic carboxylic acids is 1. The average molecular weight is 366 g/mol. The fourth-order valence-electron chi connectivity index (χ4n) is 2.20. The molecule has 130 valence electrons. The number of rotatable bonds is 5. The number of hydrogen-bond donors (Lipinski definition) is 3. The molecule has 0 saturated heterocycles. The highest BCUT2D eigenvalue weighted by Crippen LogP contribution is 2.16. The normalized spacial score (nSPS) is 10.2. The molecule has 0 radical (unpaired) electrons. The minimum absolute atomic E-state index is 0.147. The first-order valence-electron chi connectivity index (χ1n) is 7.62. The monoisotopic (exact) mass is 366 g/mol. The van der Waals surface area contributed by atoms with Gasteiger partial charge in [0.05, 0.1) is 10.4 Å². The van der Waals surface area contributed by atoms with E-state index in [0.29, 0.717) is 21.8 Å². The molecule has 3 N–H and O–H groups in total. The zero-order chi connectivity index (χ0) is 18.5. The number of amides is 2. The van der Waals surface area contributed by atoms with Crippen LogP contribution in [0.5, 0.6) is 0 Å². The Morgan fingerprint density at radius 1 is 0.731 bits per heavy atom. The van der Waals surface area contributed by atoms with Gasteiger partial charge in [-0.15, -0.1) is 11.3 Å². The first-order chi connectivity index (χ1) is 12.5. The fourth-order valence-corrected chi connectivity index (χ4v) is 2.82. The fraction of sp³-hybridized carbons (Fsp3) is 0. The summed E-state index contributed by atoms with van der Waals surface area (Å²) in [5, 5.41) is 16.1. The van der Waals surface area contributed by atoms with Crippen molar-refractivity contribution in [1.82, 2.24) is 0 Å². The van der Waals surface area contributed by atoms with Gasteiger partial charge in [-0.2, -0.15) is 0 Å². The van der Waals surface area contributed by atoms with Crippen LogP contribution in [-0.4, -0.2) is 22.9 Å². The van der Waals surface area contributed by atoms with Crippen molar-refractivity contribution in [3.05, 3.63) is 82.0 Å². The lowest BCUT2D eigenvalue weighted by atomic mass is 10.1. The minimum atomic E-state index is -1.02. The van der Waals surface area contributed by atoms with E-state index in [2.05, 4.69) is 10.6 Å². The number of carboxylic acid groups (broad SMARTS) is 1. The summed E-state index contributed by atoms with van der Waals surface area (Å²) in [6.07, 6.45) is 0. The molecule has 0 saturated carbocycles. The van der Waals surface area contributed by atoms with E-state index in [1.807, 2.05) is 5.38 Å². The van der Waals surface area contributed by atoms with Gasteiger partial charge in [-0.3, -0.25) is 9.59 Å². The highest BCUT2D eigenvalue weighted by atomic mass is 32.1. The molecule has 26 heavy (non-hydrogen) atoms. The number of benzene rings is 2. The third-order valence-electron chi connectivity index (χ3n) is 3.54. The Bertz CT molecular complexity index is 933. The molecule has 0 aliphatic carbocycles. The van der Waals surface area contributed by atoms with Crippen molar-refractivity contribution in [2.45, 2.75) is 0 Å². The summed E-state index contributed by atoms with van der Waals surface area (Å²) in [5.41, 5.74) is 1.65. The number of nitrogens with one attached hydrogen (secondary N) is 2. The minimum Gasteiger partial charge on any atom is -0.478 e. The van der Waals surface area contributed by atoms with Crippen molar-refractivity contribution in [3.8, 4) is 0 Å². The molecule has 3 rings (SSSR count). The molecule has 0 bridgehead atoms. The first-order valence-corrected chi connectivity index (χ1v) is 8.50. The predicted molar refractivity (Wildman–Crippen MR) is 100 cm³/mol. The van der Waals surface area contributed by atoms with Crippen LogP contribution in [0.3, 0.4) is 0 Å². The molecular formula is C19H14N2O4S. The van der Waals surface area contributed by atoms with Gasteiger partial charge in [0.1, 0.15) is 0 Å². The van der Waals surface area contributed by atoms with Crippen LogP contribution in [0.2, 0.25) is 0 Å². The van der Waals surface area contributed by atoms with Gasteiger partial charge >= 0.3 is 5.97 Å². The second kappa shape index (κ2) is 7.62. The summed E-state index contributed by atoms with van der Waals surface area (Å²) in [7, 11) is 0. The molecule has 0 aliphatic rings. The van der Waals surface area contributed by atoms with Gasteiger partial charge in [-0.05, 0) is 60.0 Å². The summed E-state index contributed by atoms with van der Waals surface area (Å²) in [6.45, 7) is 0. The maximum atomic E-state index is 12.2. The van der Waals surface area contributed by atoms with Gasteiger partial charge < -0.3 is 15.7 Å². The quantitative estimate of drug-likeness (QED) is 0.637. The van der Waals surface area contributed by atoms with Crippen molar-refractivity contribution >= 4 is 40.5 Å². The standard InChI is InChI=1S/C19H14N2O4S/c22-17(20-14-9-5-13(6-10-14)19(24)25)12-3-7-15(8-4-12)21-18(23)16-2-1-11-26-16/h1-11H,(H,20,22)(H,21,23)(H,24,25). The van der Waals surface area contributed by atoms with E-state index < -0.39 is 5.97 Å². The van der Waals surface area contributed by atoms with Crippen LogP contribution in [0.4, 0.5) is 11.4 Å². The molecule has 6 nitrogen and oxygen atoms in total. The molecule has 1 heterocycles. The van der Waals surface area contributed by atoms with Crippen LogP contribution >= 0.6 is 11.3 Å². The summed E-state index contributed by atoms with van der Waals surface area (Å²) >= 11 is 1.35. The van der Waals surface area contributed by atoms with Crippen LogP contribution in [0.25, 0.3) is 0 Å². The summed E-state index contributed by atoms with van der Waals surface area (Å²) in [6, 6.07) is 15.9. The number of thiophene rings is 1. The topological polar surface area (TPSA) is 95.5 Å². The molecule has 0 fully saturated rings. The Morgan fingerprint density at radius 3 is 1.77 bits per heavy atom.